The van der Waals surface area contributed by atoms with Gasteiger partial charge in [-0.2, -0.15) is 0 Å². The van der Waals surface area contributed by atoms with Gasteiger partial charge in [-0.25, -0.2) is 4.98 Å². The van der Waals surface area contributed by atoms with Crippen molar-refractivity contribution < 1.29 is 9.59 Å². The molecule has 2 heterocycles. The van der Waals surface area contributed by atoms with Gasteiger partial charge in [0.1, 0.15) is 6.04 Å². The summed E-state index contributed by atoms with van der Waals surface area (Å²) in [4.78, 5) is 33.7. The van der Waals surface area contributed by atoms with Crippen LogP contribution in [0.15, 0.2) is 5.38 Å². The number of carbonyl (C=O) groups is 2. The number of thiazole rings is 1. The first-order valence-electron chi connectivity index (χ1n) is 9.81. The Bertz CT molecular complexity index is 619. The lowest BCUT2D eigenvalue weighted by molar-refractivity contribution is -0.138. The van der Waals surface area contributed by atoms with Crippen LogP contribution in [-0.2, 0) is 22.6 Å². The standard InChI is InChI=1S/C19H30N4O2S/c1-3-17-21-16(13-26-17)12-22-8-10-23(11-9-22)19(25)14(2)20-18(24)15-6-4-5-7-15/h13-15H,3-12H2,1-2H3,(H,20,24). The molecule has 6 nitrogen and oxygen atoms in total. The number of piperazine rings is 1. The largest absolute Gasteiger partial charge is 0.344 e. The average molecular weight is 379 g/mol. The molecule has 1 aromatic heterocycles. The molecular weight excluding hydrogens is 348 g/mol. The van der Waals surface area contributed by atoms with E-state index in [1.165, 1.54) is 5.01 Å². The van der Waals surface area contributed by atoms with Crippen LogP contribution in [0.5, 0.6) is 0 Å². The van der Waals surface area contributed by atoms with Gasteiger partial charge in [0.05, 0.1) is 10.7 Å². The summed E-state index contributed by atoms with van der Waals surface area (Å²) in [7, 11) is 0. The molecule has 26 heavy (non-hydrogen) atoms. The number of hydrogen-bond acceptors (Lipinski definition) is 5. The third-order valence-electron chi connectivity index (χ3n) is 5.43. The van der Waals surface area contributed by atoms with Crippen LogP contribution in [0.1, 0.15) is 50.2 Å². The number of amides is 2. The molecule has 1 saturated carbocycles. The summed E-state index contributed by atoms with van der Waals surface area (Å²) in [5.74, 6) is 0.198. The number of aryl methyl sites for hydroxylation is 1. The Labute approximate surface area is 160 Å². The third kappa shape index (κ3) is 4.82. The van der Waals surface area contributed by atoms with E-state index in [1.54, 1.807) is 11.3 Å². The SMILES string of the molecule is CCc1nc(CN2CCN(C(=O)C(C)NC(=O)C3CCCC3)CC2)cs1. The van der Waals surface area contributed by atoms with E-state index in [1.807, 2.05) is 11.8 Å². The fraction of sp³-hybridized carbons (Fsp3) is 0.737. The van der Waals surface area contributed by atoms with Crippen molar-refractivity contribution in [2.75, 3.05) is 26.2 Å². The molecule has 7 heteroatoms. The van der Waals surface area contributed by atoms with Crippen LogP contribution in [-0.4, -0.2) is 58.8 Å². The highest BCUT2D eigenvalue weighted by Gasteiger charge is 2.29. The Morgan fingerprint density at radius 2 is 1.96 bits per heavy atom. The van der Waals surface area contributed by atoms with Crippen molar-refractivity contribution in [2.24, 2.45) is 5.92 Å². The normalized spacial score (nSPS) is 20.3. The Balaban J connectivity index is 1.43. The number of carbonyl (C=O) groups excluding carboxylic acids is 2. The van der Waals surface area contributed by atoms with Gasteiger partial charge in [0.15, 0.2) is 0 Å². The van der Waals surface area contributed by atoms with Crippen LogP contribution in [0.2, 0.25) is 0 Å². The lowest BCUT2D eigenvalue weighted by Gasteiger charge is -2.35. The predicted octanol–water partition coefficient (Wildman–Crippen LogP) is 2.04. The van der Waals surface area contributed by atoms with Gasteiger partial charge in [-0.05, 0) is 26.2 Å². The van der Waals surface area contributed by atoms with Crippen molar-refractivity contribution in [1.82, 2.24) is 20.1 Å². The molecule has 1 aliphatic heterocycles. The molecule has 1 saturated heterocycles. The maximum atomic E-state index is 12.6. The Kier molecular flexibility index (Phi) is 6.64. The Hall–Kier alpha value is -1.47. The molecule has 2 amide bonds. The first kappa shape index (κ1) is 19.3. The van der Waals surface area contributed by atoms with Crippen molar-refractivity contribution in [3.05, 3.63) is 16.1 Å². The fourth-order valence-electron chi connectivity index (χ4n) is 3.79. The summed E-state index contributed by atoms with van der Waals surface area (Å²) in [6.45, 7) is 7.93. The van der Waals surface area contributed by atoms with Crippen molar-refractivity contribution in [1.29, 1.82) is 0 Å². The fourth-order valence-corrected chi connectivity index (χ4v) is 4.53. The smallest absolute Gasteiger partial charge is 0.244 e. The topological polar surface area (TPSA) is 65.5 Å². The highest BCUT2D eigenvalue weighted by Crippen LogP contribution is 2.24. The molecule has 0 aromatic carbocycles. The van der Waals surface area contributed by atoms with E-state index < -0.39 is 6.04 Å². The highest BCUT2D eigenvalue weighted by molar-refractivity contribution is 7.09. The molecule has 0 radical (unpaired) electrons. The molecule has 144 valence electrons. The summed E-state index contributed by atoms with van der Waals surface area (Å²) >= 11 is 1.72. The van der Waals surface area contributed by atoms with E-state index in [2.05, 4.69) is 27.5 Å². The first-order valence-corrected chi connectivity index (χ1v) is 10.7. The third-order valence-corrected chi connectivity index (χ3v) is 6.47. The van der Waals surface area contributed by atoms with Crippen molar-refractivity contribution >= 4 is 23.2 Å². The molecule has 0 bridgehead atoms. The number of hydrogen-bond donors (Lipinski definition) is 1. The minimum absolute atomic E-state index is 0.0397. The highest BCUT2D eigenvalue weighted by atomic mass is 32.1. The van der Waals surface area contributed by atoms with E-state index in [0.29, 0.717) is 13.1 Å². The first-order chi connectivity index (χ1) is 12.6. The molecule has 1 N–H and O–H groups in total. The minimum atomic E-state index is -0.430. The van der Waals surface area contributed by atoms with E-state index in [-0.39, 0.29) is 17.7 Å². The van der Waals surface area contributed by atoms with Crippen LogP contribution in [0.3, 0.4) is 0 Å². The van der Waals surface area contributed by atoms with Gasteiger partial charge in [-0.3, -0.25) is 14.5 Å². The van der Waals surface area contributed by atoms with Crippen molar-refractivity contribution in [2.45, 2.75) is 58.5 Å². The summed E-state index contributed by atoms with van der Waals surface area (Å²) < 4.78 is 0. The zero-order chi connectivity index (χ0) is 18.5. The zero-order valence-electron chi connectivity index (χ0n) is 15.9. The maximum Gasteiger partial charge on any atom is 0.244 e. The monoisotopic (exact) mass is 378 g/mol. The van der Waals surface area contributed by atoms with Crippen LogP contribution in [0.4, 0.5) is 0 Å². The van der Waals surface area contributed by atoms with Crippen LogP contribution in [0.25, 0.3) is 0 Å². The molecule has 2 aliphatic rings. The van der Waals surface area contributed by atoms with E-state index in [9.17, 15) is 9.59 Å². The number of nitrogens with one attached hydrogen (secondary N) is 1. The number of aromatic nitrogens is 1. The van der Waals surface area contributed by atoms with Gasteiger partial charge in [0.2, 0.25) is 11.8 Å². The minimum Gasteiger partial charge on any atom is -0.344 e. The molecule has 1 atom stereocenters. The van der Waals surface area contributed by atoms with Gasteiger partial charge in [0.25, 0.3) is 0 Å². The summed E-state index contributed by atoms with van der Waals surface area (Å²) in [6.07, 6.45) is 5.16. The van der Waals surface area contributed by atoms with Crippen molar-refractivity contribution in [3.8, 4) is 0 Å². The number of rotatable bonds is 6. The van der Waals surface area contributed by atoms with Crippen molar-refractivity contribution in [3.63, 3.8) is 0 Å². The van der Waals surface area contributed by atoms with E-state index in [0.717, 1.165) is 57.4 Å². The second-order valence-electron chi connectivity index (χ2n) is 7.40. The molecule has 1 aromatic rings. The van der Waals surface area contributed by atoms with Gasteiger partial charge in [-0.1, -0.05) is 19.8 Å². The second kappa shape index (κ2) is 8.95. The summed E-state index contributed by atoms with van der Waals surface area (Å²) in [5, 5.41) is 6.24. The van der Waals surface area contributed by atoms with Gasteiger partial charge in [0, 0.05) is 44.0 Å². The molecule has 3 rings (SSSR count). The average Bonchev–Trinajstić information content (AvgIpc) is 3.33. The maximum absolute atomic E-state index is 12.6. The van der Waals surface area contributed by atoms with Gasteiger partial charge < -0.3 is 10.2 Å². The quantitative estimate of drug-likeness (QED) is 0.823. The predicted molar refractivity (Wildman–Crippen MR) is 103 cm³/mol. The molecule has 1 aliphatic carbocycles. The molecule has 1 unspecified atom stereocenters. The molecule has 2 fully saturated rings. The Morgan fingerprint density at radius 3 is 2.58 bits per heavy atom. The van der Waals surface area contributed by atoms with E-state index in [4.69, 9.17) is 0 Å². The summed E-state index contributed by atoms with van der Waals surface area (Å²) in [5.41, 5.74) is 1.13. The summed E-state index contributed by atoms with van der Waals surface area (Å²) in [6, 6.07) is -0.430. The van der Waals surface area contributed by atoms with Crippen LogP contribution < -0.4 is 5.32 Å². The van der Waals surface area contributed by atoms with Crippen LogP contribution in [0, 0.1) is 5.92 Å². The second-order valence-corrected chi connectivity index (χ2v) is 8.34. The Morgan fingerprint density at radius 1 is 1.27 bits per heavy atom. The lowest BCUT2D eigenvalue weighted by atomic mass is 10.1. The number of nitrogens with zero attached hydrogens (tertiary/aromatic N) is 3. The van der Waals surface area contributed by atoms with Crippen LogP contribution >= 0.6 is 11.3 Å². The van der Waals surface area contributed by atoms with Gasteiger partial charge >= 0.3 is 0 Å². The zero-order valence-corrected chi connectivity index (χ0v) is 16.7. The molecular formula is C19H30N4O2S. The van der Waals surface area contributed by atoms with Gasteiger partial charge in [-0.15, -0.1) is 11.3 Å². The molecule has 0 spiro atoms. The van der Waals surface area contributed by atoms with E-state index >= 15 is 0 Å². The lowest BCUT2D eigenvalue weighted by Crippen LogP contribution is -2.54.